The van der Waals surface area contributed by atoms with Crippen LogP contribution in [0.25, 0.3) is 10.2 Å². The van der Waals surface area contributed by atoms with Crippen LogP contribution in [0.2, 0.25) is 0 Å². The number of hydrogen-bond acceptors (Lipinski definition) is 3. The number of halogens is 1. The molecule has 2 nitrogen and oxygen atoms in total. The van der Waals surface area contributed by atoms with Crippen LogP contribution in [0.5, 0.6) is 0 Å². The topological polar surface area (TPSA) is 24.9 Å². The summed E-state index contributed by atoms with van der Waals surface area (Å²) in [4.78, 5) is 4.62. The van der Waals surface area contributed by atoms with Crippen LogP contribution < -0.4 is 5.32 Å². The van der Waals surface area contributed by atoms with Gasteiger partial charge in [0.25, 0.3) is 0 Å². The molecule has 0 aliphatic heterocycles. The minimum atomic E-state index is 0.921. The Morgan fingerprint density at radius 1 is 1.05 bits per heavy atom. The largest absolute Gasteiger partial charge is 0.331 e. The van der Waals surface area contributed by atoms with Crippen LogP contribution in [0, 0.1) is 13.8 Å². The summed E-state index contributed by atoms with van der Waals surface area (Å²) in [5, 5.41) is 4.29. The Hall–Kier alpha value is -1.39. The summed E-state index contributed by atoms with van der Waals surface area (Å²) in [5.41, 5.74) is 4.57. The molecule has 1 aromatic heterocycles. The monoisotopic (exact) mass is 332 g/mol. The average Bonchev–Trinajstić information content (AvgIpc) is 2.74. The molecule has 0 spiro atoms. The fourth-order valence-electron chi connectivity index (χ4n) is 1.93. The Kier molecular flexibility index (Phi) is 3.29. The quantitative estimate of drug-likeness (QED) is 0.677. The molecule has 0 saturated heterocycles. The summed E-state index contributed by atoms with van der Waals surface area (Å²) in [7, 11) is 0. The molecule has 1 N–H and O–H groups in total. The number of nitrogens with one attached hydrogen (secondary N) is 1. The Balaban J connectivity index is 1.96. The van der Waals surface area contributed by atoms with Crippen molar-refractivity contribution in [1.82, 2.24) is 4.98 Å². The third-order valence-electron chi connectivity index (χ3n) is 2.91. The van der Waals surface area contributed by atoms with Crippen LogP contribution in [0.4, 0.5) is 10.8 Å². The molecular formula is C15H13BrN2S. The first-order valence-corrected chi connectivity index (χ1v) is 7.63. The lowest BCUT2D eigenvalue weighted by molar-refractivity contribution is 1.40. The first kappa shape index (κ1) is 12.6. The smallest absolute Gasteiger partial charge is 0.188 e. The highest BCUT2D eigenvalue weighted by molar-refractivity contribution is 9.10. The van der Waals surface area contributed by atoms with E-state index in [9.17, 15) is 0 Å². The van der Waals surface area contributed by atoms with E-state index < -0.39 is 0 Å². The number of hydrogen-bond donors (Lipinski definition) is 1. The van der Waals surface area contributed by atoms with Gasteiger partial charge in [0.05, 0.1) is 15.9 Å². The lowest BCUT2D eigenvalue weighted by Crippen LogP contribution is -1.90. The molecule has 3 rings (SSSR count). The maximum atomic E-state index is 4.62. The number of fused-ring (bicyclic) bond motifs is 1. The highest BCUT2D eigenvalue weighted by Crippen LogP contribution is 2.31. The van der Waals surface area contributed by atoms with Gasteiger partial charge in [0.2, 0.25) is 0 Å². The second kappa shape index (κ2) is 4.94. The fourth-order valence-corrected chi connectivity index (χ4v) is 3.38. The number of aryl methyl sites for hydroxylation is 2. The zero-order chi connectivity index (χ0) is 13.4. The first-order chi connectivity index (χ1) is 9.11. The number of thiazole rings is 1. The predicted octanol–water partition coefficient (Wildman–Crippen LogP) is 5.42. The third-order valence-corrected chi connectivity index (χ3v) is 4.52. The van der Waals surface area contributed by atoms with Gasteiger partial charge >= 0.3 is 0 Å². The lowest BCUT2D eigenvalue weighted by Gasteiger charge is -2.05. The molecule has 0 atom stereocenters. The van der Waals surface area contributed by atoms with Crippen molar-refractivity contribution in [3.63, 3.8) is 0 Å². The summed E-state index contributed by atoms with van der Waals surface area (Å²) in [6.45, 7) is 4.16. The highest BCUT2D eigenvalue weighted by atomic mass is 79.9. The van der Waals surface area contributed by atoms with E-state index in [4.69, 9.17) is 0 Å². The Labute approximate surface area is 124 Å². The van der Waals surface area contributed by atoms with E-state index in [2.05, 4.69) is 76.5 Å². The van der Waals surface area contributed by atoms with E-state index in [0.29, 0.717) is 0 Å². The van der Waals surface area contributed by atoms with Crippen molar-refractivity contribution < 1.29 is 0 Å². The molecule has 0 amide bonds. The Morgan fingerprint density at radius 3 is 2.58 bits per heavy atom. The molecule has 96 valence electrons. The number of nitrogens with zero attached hydrogens (tertiary/aromatic N) is 1. The molecule has 0 unspecified atom stereocenters. The SMILES string of the molecule is Cc1ccc(Nc2nc3cc(C)ccc3s2)c(Br)c1. The normalized spacial score (nSPS) is 10.9. The molecule has 0 bridgehead atoms. The van der Waals surface area contributed by atoms with Crippen molar-refractivity contribution in [2.75, 3.05) is 5.32 Å². The number of benzene rings is 2. The summed E-state index contributed by atoms with van der Waals surface area (Å²) >= 11 is 5.25. The summed E-state index contributed by atoms with van der Waals surface area (Å²) in [6, 6.07) is 12.6. The zero-order valence-electron chi connectivity index (χ0n) is 10.7. The van der Waals surface area contributed by atoms with Crippen LogP contribution in [0.1, 0.15) is 11.1 Å². The minimum absolute atomic E-state index is 0.921. The van der Waals surface area contributed by atoms with E-state index in [-0.39, 0.29) is 0 Å². The van der Waals surface area contributed by atoms with E-state index in [1.807, 2.05) is 0 Å². The molecule has 0 aliphatic carbocycles. The number of anilines is 2. The molecule has 3 aromatic rings. The van der Waals surface area contributed by atoms with Gasteiger partial charge in [-0.25, -0.2) is 4.98 Å². The van der Waals surface area contributed by atoms with Crippen LogP contribution in [-0.4, -0.2) is 4.98 Å². The molecule has 0 aliphatic rings. The van der Waals surface area contributed by atoms with Crippen molar-refractivity contribution in [1.29, 1.82) is 0 Å². The molecule has 0 saturated carbocycles. The Morgan fingerprint density at radius 2 is 1.79 bits per heavy atom. The molecule has 4 heteroatoms. The fraction of sp³-hybridized carbons (Fsp3) is 0.133. The van der Waals surface area contributed by atoms with Crippen LogP contribution >= 0.6 is 27.3 Å². The van der Waals surface area contributed by atoms with Gasteiger partial charge in [-0.05, 0) is 65.2 Å². The first-order valence-electron chi connectivity index (χ1n) is 6.02. The molecule has 0 radical (unpaired) electrons. The minimum Gasteiger partial charge on any atom is -0.331 e. The highest BCUT2D eigenvalue weighted by Gasteiger charge is 2.06. The van der Waals surface area contributed by atoms with Crippen molar-refractivity contribution in [2.24, 2.45) is 0 Å². The predicted molar refractivity (Wildman–Crippen MR) is 86.5 cm³/mol. The second-order valence-electron chi connectivity index (χ2n) is 4.60. The van der Waals surface area contributed by atoms with Crippen molar-refractivity contribution in [2.45, 2.75) is 13.8 Å². The van der Waals surface area contributed by atoms with Gasteiger partial charge in [0.15, 0.2) is 5.13 Å². The number of rotatable bonds is 2. The van der Waals surface area contributed by atoms with Crippen LogP contribution in [0.15, 0.2) is 40.9 Å². The molecule has 19 heavy (non-hydrogen) atoms. The third kappa shape index (κ3) is 2.65. The second-order valence-corrected chi connectivity index (χ2v) is 6.48. The van der Waals surface area contributed by atoms with Gasteiger partial charge in [-0.2, -0.15) is 0 Å². The van der Waals surface area contributed by atoms with E-state index in [1.54, 1.807) is 11.3 Å². The van der Waals surface area contributed by atoms with E-state index in [1.165, 1.54) is 15.8 Å². The van der Waals surface area contributed by atoms with Gasteiger partial charge in [-0.15, -0.1) is 0 Å². The maximum Gasteiger partial charge on any atom is 0.188 e. The van der Waals surface area contributed by atoms with Gasteiger partial charge in [0, 0.05) is 4.47 Å². The van der Waals surface area contributed by atoms with E-state index in [0.717, 1.165) is 20.8 Å². The summed E-state index contributed by atoms with van der Waals surface area (Å²) < 4.78 is 2.26. The summed E-state index contributed by atoms with van der Waals surface area (Å²) in [5.74, 6) is 0. The molecular weight excluding hydrogens is 320 g/mol. The van der Waals surface area contributed by atoms with Gasteiger partial charge in [-0.3, -0.25) is 0 Å². The van der Waals surface area contributed by atoms with Crippen molar-refractivity contribution in [3.8, 4) is 0 Å². The van der Waals surface area contributed by atoms with Gasteiger partial charge in [-0.1, -0.05) is 23.5 Å². The lowest BCUT2D eigenvalue weighted by atomic mass is 10.2. The van der Waals surface area contributed by atoms with Gasteiger partial charge in [0.1, 0.15) is 0 Å². The Bertz CT molecular complexity index is 749. The average molecular weight is 333 g/mol. The van der Waals surface area contributed by atoms with Crippen LogP contribution in [-0.2, 0) is 0 Å². The molecule has 1 heterocycles. The standard InChI is InChI=1S/C15H13BrN2S/c1-9-3-5-12(11(16)7-9)17-15-18-13-8-10(2)4-6-14(13)19-15/h3-8H,1-2H3,(H,17,18). The van der Waals surface area contributed by atoms with E-state index >= 15 is 0 Å². The van der Waals surface area contributed by atoms with Crippen molar-refractivity contribution >= 4 is 48.3 Å². The maximum absolute atomic E-state index is 4.62. The zero-order valence-corrected chi connectivity index (χ0v) is 13.1. The number of aromatic nitrogens is 1. The van der Waals surface area contributed by atoms with Gasteiger partial charge < -0.3 is 5.32 Å². The summed E-state index contributed by atoms with van der Waals surface area (Å²) in [6.07, 6.45) is 0. The van der Waals surface area contributed by atoms with Crippen molar-refractivity contribution in [3.05, 3.63) is 52.0 Å². The molecule has 0 fully saturated rings. The molecule has 2 aromatic carbocycles. The van der Waals surface area contributed by atoms with Crippen LogP contribution in [0.3, 0.4) is 0 Å².